The normalized spacial score (nSPS) is 13.8. The fraction of sp³-hybridized carbons (Fsp3) is 0.733. The van der Waals surface area contributed by atoms with Crippen LogP contribution >= 0.6 is 0 Å². The maximum atomic E-state index is 11.6. The molecule has 1 rings (SSSR count). The molecule has 6 nitrogen and oxygen atoms in total. The molecular formula is C15H27N3O3. The highest BCUT2D eigenvalue weighted by molar-refractivity contribution is 5.73. The molecule has 0 bridgehead atoms. The van der Waals surface area contributed by atoms with Crippen LogP contribution in [0.25, 0.3) is 0 Å². The zero-order valence-corrected chi connectivity index (χ0v) is 13.4. The monoisotopic (exact) mass is 297 g/mol. The average Bonchev–Trinajstić information content (AvgIpc) is 2.79. The molecule has 0 aliphatic heterocycles. The zero-order chi connectivity index (χ0) is 15.8. The smallest absolute Gasteiger partial charge is 0.314 e. The topological polar surface area (TPSA) is 87.4 Å². The number of nitrogens with zero attached hydrogens (tertiary/aromatic N) is 1. The molecule has 0 aromatic carbocycles. The van der Waals surface area contributed by atoms with Crippen molar-refractivity contribution in [3.8, 4) is 0 Å². The number of aromatic nitrogens is 1. The van der Waals surface area contributed by atoms with Crippen molar-refractivity contribution in [1.82, 2.24) is 15.8 Å². The molecular weight excluding hydrogens is 270 g/mol. The quantitative estimate of drug-likeness (QED) is 0.640. The minimum atomic E-state index is -0.497. The second-order valence-electron chi connectivity index (χ2n) is 5.50. The van der Waals surface area contributed by atoms with Crippen LogP contribution in [0.15, 0.2) is 4.52 Å². The molecule has 2 unspecified atom stereocenters. The fourth-order valence-electron chi connectivity index (χ4n) is 2.06. The molecule has 0 spiro atoms. The number of carbonyl (C=O) groups is 1. The number of hydrogen-bond donors (Lipinski definition) is 3. The molecule has 2 atom stereocenters. The van der Waals surface area contributed by atoms with Gasteiger partial charge in [0.25, 0.3) is 0 Å². The van der Waals surface area contributed by atoms with Crippen molar-refractivity contribution < 1.29 is 14.4 Å². The molecule has 0 saturated carbocycles. The van der Waals surface area contributed by atoms with Crippen molar-refractivity contribution in [3.05, 3.63) is 17.0 Å². The van der Waals surface area contributed by atoms with Gasteiger partial charge in [0.1, 0.15) is 5.76 Å². The van der Waals surface area contributed by atoms with Gasteiger partial charge in [0.15, 0.2) is 0 Å². The molecule has 120 valence electrons. The van der Waals surface area contributed by atoms with Gasteiger partial charge in [-0.15, -0.1) is 0 Å². The van der Waals surface area contributed by atoms with E-state index in [1.54, 1.807) is 0 Å². The van der Waals surface area contributed by atoms with Crippen LogP contribution in [0.2, 0.25) is 0 Å². The Morgan fingerprint density at radius 3 is 2.67 bits per heavy atom. The van der Waals surface area contributed by atoms with Crippen molar-refractivity contribution in [1.29, 1.82) is 0 Å². The van der Waals surface area contributed by atoms with Crippen LogP contribution in [-0.4, -0.2) is 35.5 Å². The van der Waals surface area contributed by atoms with Crippen LogP contribution in [0.3, 0.4) is 0 Å². The van der Waals surface area contributed by atoms with Crippen molar-refractivity contribution >= 4 is 6.03 Å². The van der Waals surface area contributed by atoms with Crippen LogP contribution in [-0.2, 0) is 6.42 Å². The van der Waals surface area contributed by atoms with E-state index in [2.05, 4.69) is 15.8 Å². The summed E-state index contributed by atoms with van der Waals surface area (Å²) in [6.45, 7) is 8.66. The molecule has 1 aromatic heterocycles. The number of carbonyl (C=O) groups excluding carboxylic acids is 1. The van der Waals surface area contributed by atoms with Crippen molar-refractivity contribution in [2.24, 2.45) is 5.92 Å². The highest BCUT2D eigenvalue weighted by Gasteiger charge is 2.13. The van der Waals surface area contributed by atoms with Gasteiger partial charge in [0.2, 0.25) is 0 Å². The number of amides is 2. The van der Waals surface area contributed by atoms with E-state index in [-0.39, 0.29) is 18.5 Å². The number of rotatable bonds is 8. The number of hydrogen-bond acceptors (Lipinski definition) is 4. The zero-order valence-electron chi connectivity index (χ0n) is 13.4. The minimum absolute atomic E-state index is 0.185. The lowest BCUT2D eigenvalue weighted by Crippen LogP contribution is -2.41. The molecule has 0 aliphatic rings. The van der Waals surface area contributed by atoms with Gasteiger partial charge in [-0.25, -0.2) is 4.79 Å². The Kier molecular flexibility index (Phi) is 7.22. The molecule has 2 amide bonds. The van der Waals surface area contributed by atoms with Crippen molar-refractivity contribution in [2.45, 2.75) is 53.1 Å². The Hall–Kier alpha value is -1.56. The summed E-state index contributed by atoms with van der Waals surface area (Å²) in [7, 11) is 0. The van der Waals surface area contributed by atoms with E-state index in [0.717, 1.165) is 36.3 Å². The Labute approximate surface area is 126 Å². The first kappa shape index (κ1) is 17.5. The minimum Gasteiger partial charge on any atom is -0.391 e. The predicted molar refractivity (Wildman–Crippen MR) is 81.2 cm³/mol. The SMILES string of the molecule is CCC(C)C(O)CNC(=O)NCCCc1c(C)noc1C. The number of urea groups is 1. The predicted octanol–water partition coefficient (Wildman–Crippen LogP) is 1.93. The Morgan fingerprint density at radius 1 is 1.38 bits per heavy atom. The maximum absolute atomic E-state index is 11.6. The van der Waals surface area contributed by atoms with Gasteiger partial charge in [0, 0.05) is 18.7 Å². The fourth-order valence-corrected chi connectivity index (χ4v) is 2.06. The van der Waals surface area contributed by atoms with E-state index < -0.39 is 6.10 Å². The number of aliphatic hydroxyl groups excluding tert-OH is 1. The van der Waals surface area contributed by atoms with Crippen LogP contribution in [0, 0.1) is 19.8 Å². The summed E-state index contributed by atoms with van der Waals surface area (Å²) in [6, 6.07) is -0.240. The maximum Gasteiger partial charge on any atom is 0.314 e. The summed E-state index contributed by atoms with van der Waals surface area (Å²) >= 11 is 0. The van der Waals surface area contributed by atoms with E-state index in [4.69, 9.17) is 4.52 Å². The number of aryl methyl sites for hydroxylation is 2. The second-order valence-corrected chi connectivity index (χ2v) is 5.50. The molecule has 0 saturated heterocycles. The van der Waals surface area contributed by atoms with E-state index in [1.807, 2.05) is 27.7 Å². The van der Waals surface area contributed by atoms with Crippen molar-refractivity contribution in [3.63, 3.8) is 0 Å². The molecule has 0 fully saturated rings. The molecule has 6 heteroatoms. The van der Waals surface area contributed by atoms with Gasteiger partial charge in [-0.2, -0.15) is 0 Å². The molecule has 0 aliphatic carbocycles. The molecule has 21 heavy (non-hydrogen) atoms. The number of nitrogens with one attached hydrogen (secondary N) is 2. The Morgan fingerprint density at radius 2 is 2.10 bits per heavy atom. The molecule has 1 heterocycles. The first-order chi connectivity index (χ1) is 9.95. The van der Waals surface area contributed by atoms with E-state index >= 15 is 0 Å². The van der Waals surface area contributed by atoms with Crippen LogP contribution in [0.1, 0.15) is 43.7 Å². The van der Waals surface area contributed by atoms with E-state index in [0.29, 0.717) is 6.54 Å². The lowest BCUT2D eigenvalue weighted by atomic mass is 10.0. The largest absolute Gasteiger partial charge is 0.391 e. The van der Waals surface area contributed by atoms with Gasteiger partial charge in [-0.05, 0) is 32.6 Å². The van der Waals surface area contributed by atoms with Crippen LogP contribution in [0.5, 0.6) is 0 Å². The van der Waals surface area contributed by atoms with Gasteiger partial charge in [-0.1, -0.05) is 25.4 Å². The summed E-state index contributed by atoms with van der Waals surface area (Å²) in [6.07, 6.45) is 2.05. The summed E-state index contributed by atoms with van der Waals surface area (Å²) in [5.74, 6) is 1.03. The van der Waals surface area contributed by atoms with E-state index in [1.165, 1.54) is 0 Å². The highest BCUT2D eigenvalue weighted by atomic mass is 16.5. The summed E-state index contributed by atoms with van der Waals surface area (Å²) in [5, 5.41) is 19.1. The third kappa shape index (κ3) is 5.75. The van der Waals surface area contributed by atoms with E-state index in [9.17, 15) is 9.90 Å². The summed E-state index contributed by atoms with van der Waals surface area (Å²) in [4.78, 5) is 11.6. The summed E-state index contributed by atoms with van der Waals surface area (Å²) < 4.78 is 5.09. The molecule has 0 radical (unpaired) electrons. The standard InChI is InChI=1S/C15H27N3O3/c1-5-10(2)14(19)9-17-15(20)16-8-6-7-13-11(3)18-21-12(13)4/h10,14,19H,5-9H2,1-4H3,(H2,16,17,20). The van der Waals surface area contributed by atoms with Gasteiger partial charge in [-0.3, -0.25) is 0 Å². The van der Waals surface area contributed by atoms with Crippen LogP contribution < -0.4 is 10.6 Å². The van der Waals surface area contributed by atoms with Gasteiger partial charge in [0.05, 0.1) is 11.8 Å². The third-order valence-corrected chi connectivity index (χ3v) is 3.84. The average molecular weight is 297 g/mol. The lowest BCUT2D eigenvalue weighted by molar-refractivity contribution is 0.114. The molecule has 3 N–H and O–H groups in total. The first-order valence-corrected chi connectivity index (χ1v) is 7.57. The van der Waals surface area contributed by atoms with Gasteiger partial charge >= 0.3 is 6.03 Å². The Balaban J connectivity index is 2.17. The first-order valence-electron chi connectivity index (χ1n) is 7.57. The van der Waals surface area contributed by atoms with Crippen molar-refractivity contribution in [2.75, 3.05) is 13.1 Å². The second kappa shape index (κ2) is 8.67. The van der Waals surface area contributed by atoms with Crippen LogP contribution in [0.4, 0.5) is 4.79 Å². The lowest BCUT2D eigenvalue weighted by Gasteiger charge is -2.17. The summed E-state index contributed by atoms with van der Waals surface area (Å²) in [5.41, 5.74) is 2.03. The molecule has 1 aromatic rings. The highest BCUT2D eigenvalue weighted by Crippen LogP contribution is 2.13. The Bertz CT molecular complexity index is 426. The van der Waals surface area contributed by atoms with Gasteiger partial charge < -0.3 is 20.3 Å². The number of aliphatic hydroxyl groups is 1. The third-order valence-electron chi connectivity index (χ3n) is 3.84.